The van der Waals surface area contributed by atoms with Gasteiger partial charge in [0.2, 0.25) is 0 Å². The second kappa shape index (κ2) is 12.9. The summed E-state index contributed by atoms with van der Waals surface area (Å²) in [6, 6.07) is 4.66. The zero-order chi connectivity index (χ0) is 29.1. The number of rotatable bonds is 15. The van der Waals surface area contributed by atoms with Crippen molar-refractivity contribution in [2.24, 2.45) is 0 Å². The molecule has 1 aromatic carbocycles. The molecule has 1 aliphatic carbocycles. The second-order valence-electron chi connectivity index (χ2n) is 13.2. The van der Waals surface area contributed by atoms with Gasteiger partial charge in [-0.2, -0.15) is 13.2 Å². The molecule has 0 bridgehead atoms. The zero-order valence-corrected chi connectivity index (χ0v) is 27.9. The van der Waals surface area contributed by atoms with E-state index in [1.54, 1.807) is 10.6 Å². The molecular formula is C27H44BrF3N2O4Si2. The van der Waals surface area contributed by atoms with E-state index in [0.29, 0.717) is 37.2 Å². The van der Waals surface area contributed by atoms with Gasteiger partial charge in [-0.15, -0.1) is 0 Å². The summed E-state index contributed by atoms with van der Waals surface area (Å²) in [4.78, 5) is 4.73. The predicted octanol–water partition coefficient (Wildman–Crippen LogP) is 8.11. The highest BCUT2D eigenvalue weighted by Crippen LogP contribution is 2.48. The molecule has 0 unspecified atom stereocenters. The summed E-state index contributed by atoms with van der Waals surface area (Å²) in [5.74, 6) is 0.710. The lowest BCUT2D eigenvalue weighted by atomic mass is 9.71. The summed E-state index contributed by atoms with van der Waals surface area (Å²) in [7, 11) is -2.52. The molecule has 6 nitrogen and oxygen atoms in total. The molecule has 0 atom stereocenters. The van der Waals surface area contributed by atoms with Gasteiger partial charge in [0.25, 0.3) is 0 Å². The molecule has 1 saturated carbocycles. The quantitative estimate of drug-likeness (QED) is 0.0842. The number of halogens is 4. The van der Waals surface area contributed by atoms with Crippen molar-refractivity contribution in [3.05, 3.63) is 23.5 Å². The second-order valence-corrected chi connectivity index (χ2v) is 25.2. The molecule has 222 valence electrons. The lowest BCUT2D eigenvalue weighted by Crippen LogP contribution is -2.43. The molecule has 39 heavy (non-hydrogen) atoms. The lowest BCUT2D eigenvalue weighted by molar-refractivity contribution is -0.171. The number of aromatic nitrogens is 2. The van der Waals surface area contributed by atoms with Gasteiger partial charge in [0, 0.05) is 46.7 Å². The Morgan fingerprint density at radius 1 is 1.00 bits per heavy atom. The van der Waals surface area contributed by atoms with Crippen LogP contribution < -0.4 is 4.74 Å². The topological polar surface area (TPSA) is 54.7 Å². The van der Waals surface area contributed by atoms with Crippen molar-refractivity contribution >= 4 is 43.1 Å². The van der Waals surface area contributed by atoms with E-state index in [1.807, 2.05) is 6.92 Å². The number of hydrogen-bond acceptors (Lipinski definition) is 5. The van der Waals surface area contributed by atoms with E-state index in [1.165, 1.54) is 0 Å². The Bertz CT molecular complexity index is 1090. The summed E-state index contributed by atoms with van der Waals surface area (Å²) in [6.07, 6.45) is -3.27. The minimum absolute atomic E-state index is 0.0227. The van der Waals surface area contributed by atoms with Gasteiger partial charge in [-0.3, -0.25) is 0 Å². The van der Waals surface area contributed by atoms with E-state index in [4.69, 9.17) is 23.9 Å². The highest BCUT2D eigenvalue weighted by Gasteiger charge is 2.45. The van der Waals surface area contributed by atoms with Crippen molar-refractivity contribution in [3.63, 3.8) is 0 Å². The van der Waals surface area contributed by atoms with Crippen LogP contribution in [0.2, 0.25) is 51.4 Å². The smallest absolute Gasteiger partial charge is 0.418 e. The Kier molecular flexibility index (Phi) is 10.8. The van der Waals surface area contributed by atoms with Crippen LogP contribution in [-0.4, -0.2) is 63.2 Å². The Hall–Kier alpha value is -0.926. The molecular weight excluding hydrogens is 609 g/mol. The standard InChI is InChI=1S/C27H44BrF3N2O4Si2/c1-26(37-19-35-11-13-39(5,6)7)16-20(17-26)25-32-23-15-21(36-9-8-28)14-22(27(29,30)31)24(23)33(25)18-34-10-12-38(2,3)4/h14-15,20H,8-13,16-19H2,1-7H3. The number of fused-ring (bicyclic) bond motifs is 1. The zero-order valence-electron chi connectivity index (χ0n) is 24.3. The third-order valence-electron chi connectivity index (χ3n) is 6.92. The highest BCUT2D eigenvalue weighted by molar-refractivity contribution is 9.09. The van der Waals surface area contributed by atoms with E-state index in [0.717, 1.165) is 18.2 Å². The molecule has 0 amide bonds. The molecule has 0 radical (unpaired) electrons. The number of nitrogens with zero attached hydrogens (tertiary/aromatic N) is 2. The summed E-state index contributed by atoms with van der Waals surface area (Å²) >= 11 is 3.26. The van der Waals surface area contributed by atoms with Crippen molar-refractivity contribution in [3.8, 4) is 5.75 Å². The van der Waals surface area contributed by atoms with Gasteiger partial charge in [-0.05, 0) is 37.9 Å². The molecule has 0 aliphatic heterocycles. The first-order valence-electron chi connectivity index (χ1n) is 13.6. The molecule has 1 heterocycles. The Morgan fingerprint density at radius 3 is 2.18 bits per heavy atom. The van der Waals surface area contributed by atoms with Gasteiger partial charge in [-0.25, -0.2) is 4.98 Å². The fraction of sp³-hybridized carbons (Fsp3) is 0.741. The normalized spacial score (nSPS) is 20.4. The van der Waals surface area contributed by atoms with E-state index in [-0.39, 0.29) is 42.8 Å². The maximum atomic E-state index is 14.3. The minimum Gasteiger partial charge on any atom is -0.493 e. The van der Waals surface area contributed by atoms with Gasteiger partial charge in [0.1, 0.15) is 25.1 Å². The van der Waals surface area contributed by atoms with E-state index in [9.17, 15) is 13.2 Å². The van der Waals surface area contributed by atoms with Crippen molar-refractivity contribution in [2.45, 2.75) is 95.6 Å². The Labute approximate surface area is 241 Å². The third kappa shape index (κ3) is 9.56. The number of alkyl halides is 4. The first kappa shape index (κ1) is 32.6. The summed E-state index contributed by atoms with van der Waals surface area (Å²) in [6.45, 7) is 17.3. The van der Waals surface area contributed by atoms with Crippen LogP contribution >= 0.6 is 15.9 Å². The maximum absolute atomic E-state index is 14.3. The van der Waals surface area contributed by atoms with Crippen LogP contribution in [0.5, 0.6) is 5.75 Å². The van der Waals surface area contributed by atoms with E-state index < -0.39 is 33.5 Å². The van der Waals surface area contributed by atoms with E-state index in [2.05, 4.69) is 55.2 Å². The Morgan fingerprint density at radius 2 is 1.62 bits per heavy atom. The van der Waals surface area contributed by atoms with Crippen LogP contribution in [0.1, 0.15) is 37.1 Å². The maximum Gasteiger partial charge on any atom is 0.418 e. The average molecular weight is 654 g/mol. The lowest BCUT2D eigenvalue weighted by Gasteiger charge is -2.44. The van der Waals surface area contributed by atoms with Crippen LogP contribution in [-0.2, 0) is 27.1 Å². The van der Waals surface area contributed by atoms with Crippen molar-refractivity contribution in [1.29, 1.82) is 0 Å². The number of hydrogen-bond donors (Lipinski definition) is 0. The molecule has 0 N–H and O–H groups in total. The monoisotopic (exact) mass is 652 g/mol. The van der Waals surface area contributed by atoms with E-state index >= 15 is 0 Å². The van der Waals surface area contributed by atoms with Crippen LogP contribution in [0.3, 0.4) is 0 Å². The first-order valence-corrected chi connectivity index (χ1v) is 22.1. The van der Waals surface area contributed by atoms with Crippen molar-refractivity contribution in [2.75, 3.05) is 31.9 Å². The first-order chi connectivity index (χ1) is 18.0. The number of ether oxygens (including phenoxy) is 4. The van der Waals surface area contributed by atoms with Crippen LogP contribution in [0, 0.1) is 0 Å². The fourth-order valence-corrected chi connectivity index (χ4v) is 6.27. The van der Waals surface area contributed by atoms with Crippen LogP contribution in [0.25, 0.3) is 11.0 Å². The average Bonchev–Trinajstić information content (AvgIpc) is 3.13. The van der Waals surface area contributed by atoms with Crippen molar-refractivity contribution < 1.29 is 32.1 Å². The molecule has 12 heteroatoms. The van der Waals surface area contributed by atoms with Gasteiger partial charge in [0.05, 0.1) is 28.8 Å². The summed E-state index contributed by atoms with van der Waals surface area (Å²) < 4.78 is 67.7. The molecule has 0 spiro atoms. The molecule has 3 rings (SSSR count). The summed E-state index contributed by atoms with van der Waals surface area (Å²) in [5, 5.41) is 0.513. The predicted molar refractivity (Wildman–Crippen MR) is 159 cm³/mol. The Balaban J connectivity index is 1.84. The van der Waals surface area contributed by atoms with Gasteiger partial charge in [-0.1, -0.05) is 55.2 Å². The molecule has 2 aromatic rings. The summed E-state index contributed by atoms with van der Waals surface area (Å²) in [5.41, 5.74) is -0.850. The van der Waals surface area contributed by atoms with Crippen LogP contribution in [0.4, 0.5) is 13.2 Å². The molecule has 0 saturated heterocycles. The third-order valence-corrected chi connectivity index (χ3v) is 10.7. The molecule has 1 aliphatic rings. The van der Waals surface area contributed by atoms with Gasteiger partial charge >= 0.3 is 6.18 Å². The number of imidazole rings is 1. The van der Waals surface area contributed by atoms with Crippen LogP contribution in [0.15, 0.2) is 12.1 Å². The van der Waals surface area contributed by atoms with Crippen molar-refractivity contribution in [1.82, 2.24) is 9.55 Å². The fourth-order valence-electron chi connectivity index (χ4n) is 4.60. The largest absolute Gasteiger partial charge is 0.493 e. The number of benzene rings is 1. The highest BCUT2D eigenvalue weighted by atomic mass is 79.9. The van der Waals surface area contributed by atoms with Gasteiger partial charge in [0.15, 0.2) is 0 Å². The van der Waals surface area contributed by atoms with Gasteiger partial charge < -0.3 is 23.5 Å². The molecule has 1 aromatic heterocycles. The minimum atomic E-state index is -4.57. The SMILES string of the molecule is CC1(OCOCC[Si](C)(C)C)CC(c2nc3cc(OCCBr)cc(C(F)(F)F)c3n2COCC[Si](C)(C)C)C1. The molecule has 1 fully saturated rings.